The van der Waals surface area contributed by atoms with E-state index in [-0.39, 0.29) is 4.90 Å². The molecule has 0 atom stereocenters. The molecule has 0 aromatic heterocycles. The number of rotatable bonds is 5. The minimum absolute atomic E-state index is 0.240. The zero-order valence-electron chi connectivity index (χ0n) is 13.5. The molecule has 1 fully saturated rings. The van der Waals surface area contributed by atoms with Gasteiger partial charge in [-0.15, -0.1) is 0 Å². The van der Waals surface area contributed by atoms with E-state index in [2.05, 4.69) is 11.0 Å². The maximum atomic E-state index is 12.8. The molecule has 1 aromatic rings. The van der Waals surface area contributed by atoms with Gasteiger partial charge in [-0.1, -0.05) is 0 Å². The summed E-state index contributed by atoms with van der Waals surface area (Å²) in [6.45, 7) is 4.05. The Labute approximate surface area is 142 Å². The number of unbranched alkanes of at least 4 members (excludes halogenated alkanes) is 1. The van der Waals surface area contributed by atoms with Crippen LogP contribution in [0.25, 0.3) is 0 Å². The van der Waals surface area contributed by atoms with Crippen LogP contribution in [-0.2, 0) is 10.0 Å². The fourth-order valence-corrected chi connectivity index (χ4v) is 4.35. The van der Waals surface area contributed by atoms with Crippen molar-refractivity contribution < 1.29 is 17.9 Å². The van der Waals surface area contributed by atoms with E-state index in [0.29, 0.717) is 57.3 Å². The Hall–Kier alpha value is -1.82. The molecule has 0 aliphatic carbocycles. The lowest BCUT2D eigenvalue weighted by Gasteiger charge is -2.34. The van der Waals surface area contributed by atoms with Gasteiger partial charge in [0.2, 0.25) is 10.0 Å². The SMILES string of the molecule is N#CCCCN1CCN(S(=O)(=O)c2ccc3c(c2)OCCO3)CC1. The first-order valence-corrected chi connectivity index (χ1v) is 9.54. The van der Waals surface area contributed by atoms with E-state index < -0.39 is 10.0 Å². The average molecular weight is 351 g/mol. The second-order valence-electron chi connectivity index (χ2n) is 5.81. The highest BCUT2D eigenvalue weighted by Crippen LogP contribution is 2.33. The fourth-order valence-electron chi connectivity index (χ4n) is 2.91. The molecule has 0 radical (unpaired) electrons. The monoisotopic (exact) mass is 351 g/mol. The molecule has 2 heterocycles. The number of hydrogen-bond donors (Lipinski definition) is 0. The van der Waals surface area contributed by atoms with Crippen molar-refractivity contribution in [2.75, 3.05) is 45.9 Å². The summed E-state index contributed by atoms with van der Waals surface area (Å²) in [4.78, 5) is 2.44. The van der Waals surface area contributed by atoms with Crippen LogP contribution in [0, 0.1) is 11.3 Å². The summed E-state index contributed by atoms with van der Waals surface area (Å²) in [7, 11) is -3.53. The highest BCUT2D eigenvalue weighted by atomic mass is 32.2. The van der Waals surface area contributed by atoms with E-state index in [4.69, 9.17) is 14.7 Å². The van der Waals surface area contributed by atoms with Crippen molar-refractivity contribution in [2.45, 2.75) is 17.7 Å². The highest BCUT2D eigenvalue weighted by molar-refractivity contribution is 7.89. The Balaban J connectivity index is 1.65. The van der Waals surface area contributed by atoms with Crippen molar-refractivity contribution in [2.24, 2.45) is 0 Å². The summed E-state index contributed by atoms with van der Waals surface area (Å²) < 4.78 is 38.0. The third-order valence-electron chi connectivity index (χ3n) is 4.25. The second-order valence-corrected chi connectivity index (χ2v) is 7.75. The van der Waals surface area contributed by atoms with Crippen LogP contribution in [0.3, 0.4) is 0 Å². The van der Waals surface area contributed by atoms with Gasteiger partial charge >= 0.3 is 0 Å². The van der Waals surface area contributed by atoms with Gasteiger partial charge in [0.25, 0.3) is 0 Å². The molecule has 0 N–H and O–H groups in total. The van der Waals surface area contributed by atoms with Crippen LogP contribution in [-0.4, -0.2) is 63.6 Å². The van der Waals surface area contributed by atoms with Gasteiger partial charge in [0.1, 0.15) is 13.2 Å². The molecule has 1 aromatic carbocycles. The number of hydrogen-bond acceptors (Lipinski definition) is 6. The van der Waals surface area contributed by atoms with Gasteiger partial charge in [0, 0.05) is 38.7 Å². The van der Waals surface area contributed by atoms with Crippen molar-refractivity contribution in [3.63, 3.8) is 0 Å². The molecular formula is C16H21N3O4S. The van der Waals surface area contributed by atoms with Crippen LogP contribution in [0.5, 0.6) is 11.5 Å². The lowest BCUT2D eigenvalue weighted by Crippen LogP contribution is -2.48. The van der Waals surface area contributed by atoms with E-state index in [0.717, 1.165) is 13.0 Å². The summed E-state index contributed by atoms with van der Waals surface area (Å²) in [5.74, 6) is 1.07. The third kappa shape index (κ3) is 3.64. The summed E-state index contributed by atoms with van der Waals surface area (Å²) >= 11 is 0. The smallest absolute Gasteiger partial charge is 0.243 e. The van der Waals surface area contributed by atoms with Gasteiger partial charge in [-0.05, 0) is 25.1 Å². The van der Waals surface area contributed by atoms with Gasteiger partial charge in [-0.25, -0.2) is 8.42 Å². The van der Waals surface area contributed by atoms with Gasteiger partial charge in [-0.2, -0.15) is 9.57 Å². The average Bonchev–Trinajstić information content (AvgIpc) is 2.62. The summed E-state index contributed by atoms with van der Waals surface area (Å²) in [6, 6.07) is 6.90. The van der Waals surface area contributed by atoms with Crippen molar-refractivity contribution in [3.8, 4) is 17.6 Å². The molecule has 130 valence electrons. The molecular weight excluding hydrogens is 330 g/mol. The molecule has 0 bridgehead atoms. The molecule has 3 rings (SSSR count). The highest BCUT2D eigenvalue weighted by Gasteiger charge is 2.29. The fraction of sp³-hybridized carbons (Fsp3) is 0.562. The van der Waals surface area contributed by atoms with E-state index in [1.807, 2.05) is 0 Å². The molecule has 8 heteroatoms. The van der Waals surface area contributed by atoms with E-state index in [9.17, 15) is 8.42 Å². The number of nitriles is 1. The molecule has 2 aliphatic rings. The molecule has 0 saturated carbocycles. The topological polar surface area (TPSA) is 82.9 Å². The van der Waals surface area contributed by atoms with Gasteiger partial charge in [0.15, 0.2) is 11.5 Å². The summed E-state index contributed by atoms with van der Waals surface area (Å²) in [5, 5.41) is 8.58. The molecule has 24 heavy (non-hydrogen) atoms. The van der Waals surface area contributed by atoms with Crippen molar-refractivity contribution in [1.29, 1.82) is 5.26 Å². The van der Waals surface area contributed by atoms with Crippen LogP contribution < -0.4 is 9.47 Å². The number of ether oxygens (including phenoxy) is 2. The molecule has 0 spiro atoms. The van der Waals surface area contributed by atoms with Crippen LogP contribution in [0.1, 0.15) is 12.8 Å². The van der Waals surface area contributed by atoms with E-state index >= 15 is 0 Å². The first-order valence-electron chi connectivity index (χ1n) is 8.10. The predicted molar refractivity (Wildman–Crippen MR) is 87.5 cm³/mol. The van der Waals surface area contributed by atoms with Gasteiger partial charge in [-0.3, -0.25) is 0 Å². The number of piperazine rings is 1. The zero-order chi connectivity index (χ0) is 17.0. The quantitative estimate of drug-likeness (QED) is 0.738. The lowest BCUT2D eigenvalue weighted by atomic mass is 10.3. The number of benzene rings is 1. The molecule has 7 nitrogen and oxygen atoms in total. The standard InChI is InChI=1S/C16H21N3O4S/c17-5-1-2-6-18-7-9-19(10-8-18)24(20,21)14-3-4-15-16(13-14)23-12-11-22-15/h3-4,13H,1-2,6-12H2. The van der Waals surface area contributed by atoms with Crippen molar-refractivity contribution in [3.05, 3.63) is 18.2 Å². The first-order chi connectivity index (χ1) is 11.6. The number of sulfonamides is 1. The van der Waals surface area contributed by atoms with Crippen LogP contribution in [0.4, 0.5) is 0 Å². The van der Waals surface area contributed by atoms with Crippen LogP contribution in [0.2, 0.25) is 0 Å². The normalized spacial score (nSPS) is 19.0. The predicted octanol–water partition coefficient (Wildman–Crippen LogP) is 1.07. The lowest BCUT2D eigenvalue weighted by molar-refractivity contribution is 0.171. The third-order valence-corrected chi connectivity index (χ3v) is 6.14. The first kappa shape index (κ1) is 17.0. The zero-order valence-corrected chi connectivity index (χ0v) is 14.3. The number of nitrogens with zero attached hydrogens (tertiary/aromatic N) is 3. The summed E-state index contributed by atoms with van der Waals surface area (Å²) in [5.41, 5.74) is 0. The van der Waals surface area contributed by atoms with E-state index in [1.165, 1.54) is 4.31 Å². The maximum Gasteiger partial charge on any atom is 0.243 e. The Morgan fingerprint density at radius 3 is 2.50 bits per heavy atom. The molecule has 0 amide bonds. The van der Waals surface area contributed by atoms with Gasteiger partial charge < -0.3 is 14.4 Å². The largest absolute Gasteiger partial charge is 0.486 e. The Morgan fingerprint density at radius 2 is 1.79 bits per heavy atom. The Kier molecular flexibility index (Phi) is 5.23. The molecule has 0 unspecified atom stereocenters. The van der Waals surface area contributed by atoms with Crippen molar-refractivity contribution >= 4 is 10.0 Å². The number of fused-ring (bicyclic) bond motifs is 1. The maximum absolute atomic E-state index is 12.8. The molecule has 2 aliphatic heterocycles. The minimum atomic E-state index is -3.53. The second kappa shape index (κ2) is 7.38. The van der Waals surface area contributed by atoms with Gasteiger partial charge in [0.05, 0.1) is 11.0 Å². The van der Waals surface area contributed by atoms with E-state index in [1.54, 1.807) is 18.2 Å². The minimum Gasteiger partial charge on any atom is -0.486 e. The van der Waals surface area contributed by atoms with Crippen LogP contribution >= 0.6 is 0 Å². The van der Waals surface area contributed by atoms with Crippen molar-refractivity contribution in [1.82, 2.24) is 9.21 Å². The van der Waals surface area contributed by atoms with Crippen LogP contribution in [0.15, 0.2) is 23.1 Å². The summed E-state index contributed by atoms with van der Waals surface area (Å²) in [6.07, 6.45) is 1.36. The molecule has 1 saturated heterocycles. The Morgan fingerprint density at radius 1 is 1.08 bits per heavy atom. The Bertz CT molecular complexity index is 721.